The van der Waals surface area contributed by atoms with Crippen LogP contribution < -0.4 is 10.6 Å². The molecule has 3 N–H and O–H groups in total. The van der Waals surface area contributed by atoms with Gasteiger partial charge in [0, 0.05) is 11.9 Å². The zero-order valence-electron chi connectivity index (χ0n) is 8.82. The first-order valence-electron chi connectivity index (χ1n) is 4.78. The number of likely N-dealkylation sites (N-methyl/N-ethyl adjacent to an activating group) is 1. The van der Waals surface area contributed by atoms with Crippen molar-refractivity contribution in [3.05, 3.63) is 11.1 Å². The van der Waals surface area contributed by atoms with E-state index in [0.29, 0.717) is 17.4 Å². The molecule has 1 aromatic heterocycles. The summed E-state index contributed by atoms with van der Waals surface area (Å²) in [5, 5.41) is 16.2. The van der Waals surface area contributed by atoms with Gasteiger partial charge in [0.25, 0.3) is 0 Å². The van der Waals surface area contributed by atoms with Crippen LogP contribution in [0.3, 0.4) is 0 Å². The summed E-state index contributed by atoms with van der Waals surface area (Å²) >= 11 is 1.29. The lowest BCUT2D eigenvalue weighted by molar-refractivity contribution is -0.136. The number of anilines is 1. The van der Waals surface area contributed by atoms with Gasteiger partial charge in [-0.2, -0.15) is 0 Å². The summed E-state index contributed by atoms with van der Waals surface area (Å²) in [6.45, 7) is 2.57. The lowest BCUT2D eigenvalue weighted by Crippen LogP contribution is -2.29. The van der Waals surface area contributed by atoms with E-state index in [9.17, 15) is 9.59 Å². The second-order valence-electron chi connectivity index (χ2n) is 3.02. The van der Waals surface area contributed by atoms with Gasteiger partial charge in [0.05, 0.1) is 18.7 Å². The van der Waals surface area contributed by atoms with Gasteiger partial charge < -0.3 is 15.7 Å². The summed E-state index contributed by atoms with van der Waals surface area (Å²) in [7, 11) is 0. The van der Waals surface area contributed by atoms with Crippen LogP contribution in [0.5, 0.6) is 0 Å². The van der Waals surface area contributed by atoms with E-state index in [1.54, 1.807) is 5.38 Å². The number of aliphatic carboxylic acids is 1. The van der Waals surface area contributed by atoms with Crippen molar-refractivity contribution in [2.24, 2.45) is 0 Å². The molecule has 7 heteroatoms. The Labute approximate surface area is 96.7 Å². The second kappa shape index (κ2) is 6.06. The van der Waals surface area contributed by atoms with Crippen molar-refractivity contribution in [1.29, 1.82) is 0 Å². The van der Waals surface area contributed by atoms with Crippen molar-refractivity contribution in [1.82, 2.24) is 10.3 Å². The van der Waals surface area contributed by atoms with Crippen molar-refractivity contribution < 1.29 is 14.7 Å². The predicted molar refractivity (Wildman–Crippen MR) is 60.6 cm³/mol. The van der Waals surface area contributed by atoms with Crippen LogP contribution >= 0.6 is 11.3 Å². The predicted octanol–water partition coefficient (Wildman–Crippen LogP) is 0.318. The SMILES string of the molecule is CCNC(=O)CNc1nc(CC(=O)O)cs1. The van der Waals surface area contributed by atoms with Gasteiger partial charge in [-0.25, -0.2) is 4.98 Å². The minimum atomic E-state index is -0.916. The van der Waals surface area contributed by atoms with E-state index in [4.69, 9.17) is 5.11 Å². The lowest BCUT2D eigenvalue weighted by Gasteiger charge is -2.02. The highest BCUT2D eigenvalue weighted by Gasteiger charge is 2.06. The molecule has 1 rings (SSSR count). The Morgan fingerprint density at radius 3 is 2.94 bits per heavy atom. The zero-order chi connectivity index (χ0) is 12.0. The van der Waals surface area contributed by atoms with Gasteiger partial charge in [0.2, 0.25) is 5.91 Å². The first kappa shape index (κ1) is 12.4. The third-order valence-electron chi connectivity index (χ3n) is 1.66. The molecule has 1 aromatic rings. The second-order valence-corrected chi connectivity index (χ2v) is 3.88. The van der Waals surface area contributed by atoms with Gasteiger partial charge in [0.15, 0.2) is 5.13 Å². The van der Waals surface area contributed by atoms with Gasteiger partial charge in [0.1, 0.15) is 0 Å². The third-order valence-corrected chi connectivity index (χ3v) is 2.51. The lowest BCUT2D eigenvalue weighted by atomic mass is 10.3. The number of carboxylic acid groups (broad SMARTS) is 1. The van der Waals surface area contributed by atoms with Crippen LogP contribution in [0, 0.1) is 0 Å². The van der Waals surface area contributed by atoms with Crippen LogP contribution in [0.25, 0.3) is 0 Å². The van der Waals surface area contributed by atoms with Crippen molar-refractivity contribution in [3.8, 4) is 0 Å². The summed E-state index contributed by atoms with van der Waals surface area (Å²) < 4.78 is 0. The Morgan fingerprint density at radius 2 is 2.31 bits per heavy atom. The maximum atomic E-state index is 11.1. The van der Waals surface area contributed by atoms with E-state index < -0.39 is 5.97 Å². The molecule has 0 fully saturated rings. The van der Waals surface area contributed by atoms with E-state index in [1.807, 2.05) is 6.92 Å². The molecule has 0 aliphatic carbocycles. The molecule has 0 aromatic carbocycles. The number of hydrogen-bond acceptors (Lipinski definition) is 5. The molecule has 0 aliphatic heterocycles. The van der Waals surface area contributed by atoms with Crippen LogP contribution in [0.4, 0.5) is 5.13 Å². The van der Waals surface area contributed by atoms with Gasteiger partial charge in [-0.1, -0.05) is 0 Å². The molecule has 0 radical (unpaired) electrons. The highest BCUT2D eigenvalue weighted by molar-refractivity contribution is 7.13. The fourth-order valence-electron chi connectivity index (χ4n) is 1.04. The van der Waals surface area contributed by atoms with Crippen LogP contribution in [-0.4, -0.2) is 35.1 Å². The highest BCUT2D eigenvalue weighted by atomic mass is 32.1. The monoisotopic (exact) mass is 243 g/mol. The summed E-state index contributed by atoms with van der Waals surface area (Å²) in [5.74, 6) is -1.03. The number of carbonyl (C=O) groups excluding carboxylic acids is 1. The molecule has 6 nitrogen and oxygen atoms in total. The average Bonchev–Trinajstić information content (AvgIpc) is 2.62. The summed E-state index contributed by atoms with van der Waals surface area (Å²) in [4.78, 5) is 25.5. The molecule has 0 aliphatic rings. The van der Waals surface area contributed by atoms with Gasteiger partial charge in [-0.05, 0) is 6.92 Å². The molecular formula is C9H13N3O3S. The molecule has 0 spiro atoms. The molecule has 0 saturated carbocycles. The Balaban J connectivity index is 2.40. The van der Waals surface area contributed by atoms with Crippen LogP contribution in [0.15, 0.2) is 5.38 Å². The number of amides is 1. The number of hydrogen-bond donors (Lipinski definition) is 3. The topological polar surface area (TPSA) is 91.3 Å². The fourth-order valence-corrected chi connectivity index (χ4v) is 1.75. The van der Waals surface area contributed by atoms with E-state index in [1.165, 1.54) is 11.3 Å². The molecule has 1 amide bonds. The molecule has 88 valence electrons. The van der Waals surface area contributed by atoms with E-state index in [-0.39, 0.29) is 18.9 Å². The normalized spacial score (nSPS) is 9.81. The number of aromatic nitrogens is 1. The Hall–Kier alpha value is -1.63. The number of carboxylic acids is 1. The number of nitrogens with zero attached hydrogens (tertiary/aromatic N) is 1. The summed E-state index contributed by atoms with van der Waals surface area (Å²) in [6.07, 6.45) is -0.0979. The Kier molecular flexibility index (Phi) is 4.71. The van der Waals surface area contributed by atoms with Crippen molar-refractivity contribution in [2.45, 2.75) is 13.3 Å². The molecule has 0 saturated heterocycles. The Bertz CT molecular complexity index is 378. The first-order valence-corrected chi connectivity index (χ1v) is 5.66. The van der Waals surface area contributed by atoms with Crippen LogP contribution in [0.1, 0.15) is 12.6 Å². The van der Waals surface area contributed by atoms with Gasteiger partial charge in [-0.15, -0.1) is 11.3 Å². The molecule has 0 bridgehead atoms. The number of carbonyl (C=O) groups is 2. The minimum Gasteiger partial charge on any atom is -0.481 e. The van der Waals surface area contributed by atoms with Gasteiger partial charge >= 0.3 is 5.97 Å². The van der Waals surface area contributed by atoms with Crippen molar-refractivity contribution in [3.63, 3.8) is 0 Å². The van der Waals surface area contributed by atoms with E-state index in [0.717, 1.165) is 0 Å². The van der Waals surface area contributed by atoms with Crippen LogP contribution in [-0.2, 0) is 16.0 Å². The first-order chi connectivity index (χ1) is 7.61. The van der Waals surface area contributed by atoms with E-state index >= 15 is 0 Å². The van der Waals surface area contributed by atoms with Gasteiger partial charge in [-0.3, -0.25) is 9.59 Å². The molecule has 1 heterocycles. The minimum absolute atomic E-state index is 0.0979. The standard InChI is InChI=1S/C9H13N3O3S/c1-2-10-7(13)4-11-9-12-6(5-16-9)3-8(14)15/h5H,2-4H2,1H3,(H,10,13)(H,11,12)(H,14,15). The molecule has 0 unspecified atom stereocenters. The molecular weight excluding hydrogens is 230 g/mol. The summed E-state index contributed by atoms with van der Waals surface area (Å²) in [6, 6.07) is 0. The van der Waals surface area contributed by atoms with Crippen molar-refractivity contribution >= 4 is 28.3 Å². The maximum Gasteiger partial charge on any atom is 0.309 e. The largest absolute Gasteiger partial charge is 0.481 e. The quantitative estimate of drug-likeness (QED) is 0.669. The van der Waals surface area contributed by atoms with Crippen LogP contribution in [0.2, 0.25) is 0 Å². The van der Waals surface area contributed by atoms with E-state index in [2.05, 4.69) is 15.6 Å². The van der Waals surface area contributed by atoms with Crippen molar-refractivity contribution in [2.75, 3.05) is 18.4 Å². The number of rotatable bonds is 6. The summed E-state index contributed by atoms with van der Waals surface area (Å²) in [5.41, 5.74) is 0.496. The third kappa shape index (κ3) is 4.26. The molecule has 0 atom stereocenters. The number of nitrogens with one attached hydrogen (secondary N) is 2. The Morgan fingerprint density at radius 1 is 1.56 bits per heavy atom. The highest BCUT2D eigenvalue weighted by Crippen LogP contribution is 2.15. The zero-order valence-corrected chi connectivity index (χ0v) is 9.63. The number of thiazole rings is 1. The maximum absolute atomic E-state index is 11.1. The smallest absolute Gasteiger partial charge is 0.309 e. The average molecular weight is 243 g/mol. The molecule has 16 heavy (non-hydrogen) atoms. The fraction of sp³-hybridized carbons (Fsp3) is 0.444.